The van der Waals surface area contributed by atoms with Gasteiger partial charge in [0.05, 0.1) is 33.5 Å². The molecule has 3 aromatic heterocycles. The second kappa shape index (κ2) is 14.5. The Morgan fingerprint density at radius 3 is 1.89 bits per heavy atom. The quantitative estimate of drug-likeness (QED) is 0.109. The summed E-state index contributed by atoms with van der Waals surface area (Å²) in [6.45, 7) is 3.26. The number of aromatic nitrogens is 4. The first-order valence-electron chi connectivity index (χ1n) is 17.8. The van der Waals surface area contributed by atoms with Crippen molar-refractivity contribution in [2.75, 3.05) is 37.5 Å². The summed E-state index contributed by atoms with van der Waals surface area (Å²) in [6.07, 6.45) is 6.02. The number of morpholine rings is 1. The van der Waals surface area contributed by atoms with Crippen molar-refractivity contribution >= 4 is 39.7 Å². The van der Waals surface area contributed by atoms with Gasteiger partial charge in [0.15, 0.2) is 0 Å². The van der Waals surface area contributed by atoms with E-state index in [1.54, 1.807) is 29.4 Å². The molecule has 53 heavy (non-hydrogen) atoms. The summed E-state index contributed by atoms with van der Waals surface area (Å²) in [5, 5.41) is 6.64. The van der Waals surface area contributed by atoms with E-state index in [0.29, 0.717) is 0 Å². The van der Waals surface area contributed by atoms with Crippen LogP contribution in [0.3, 0.4) is 0 Å². The number of benzene rings is 5. The van der Waals surface area contributed by atoms with Crippen LogP contribution in [-0.4, -0.2) is 52.3 Å². The zero-order valence-electron chi connectivity index (χ0n) is 29.3. The van der Waals surface area contributed by atoms with Gasteiger partial charge in [-0.3, -0.25) is 4.68 Å². The van der Waals surface area contributed by atoms with Crippen molar-refractivity contribution in [3.63, 3.8) is 0 Å². The van der Waals surface area contributed by atoms with Crippen LogP contribution in [0.25, 0.3) is 43.9 Å². The summed E-state index contributed by atoms with van der Waals surface area (Å²) in [4.78, 5) is 13.0. The maximum absolute atomic E-state index is 5.63. The van der Waals surface area contributed by atoms with Gasteiger partial charge in [0.25, 0.3) is 0 Å². The standard InChI is InChI=1S/C45H37N5OS2/c1-52-42-24-23-41(53-42)44-38-29-33(19-22-40(38)46-31-47-44)39-30-50(48-43(39)32-17-20-37(21-18-32)49-25-27-51-28-26-49)45(34-11-5-2-6-12-34,35-13-7-3-8-14-35)36-15-9-4-10-16-36/h2-24,29-31H,25-28H2,1H3. The summed E-state index contributed by atoms with van der Waals surface area (Å²) < 4.78 is 9.07. The third kappa shape index (κ3) is 6.12. The Morgan fingerprint density at radius 2 is 1.28 bits per heavy atom. The first-order valence-corrected chi connectivity index (χ1v) is 19.9. The Bertz CT molecular complexity index is 2380. The number of ether oxygens (including phenoxy) is 1. The van der Waals surface area contributed by atoms with Crippen LogP contribution in [0.4, 0.5) is 5.69 Å². The number of thiophene rings is 1. The van der Waals surface area contributed by atoms with Crippen LogP contribution >= 0.6 is 23.1 Å². The maximum atomic E-state index is 5.63. The largest absolute Gasteiger partial charge is 0.378 e. The van der Waals surface area contributed by atoms with Crippen LogP contribution in [0.5, 0.6) is 0 Å². The Kier molecular flexibility index (Phi) is 9.09. The molecule has 0 unspecified atom stereocenters. The molecule has 1 aliphatic heterocycles. The van der Waals surface area contributed by atoms with Gasteiger partial charge in [-0.15, -0.1) is 23.1 Å². The van der Waals surface area contributed by atoms with Gasteiger partial charge in [-0.1, -0.05) is 109 Å². The first kappa shape index (κ1) is 33.3. The SMILES string of the molecule is CSc1ccc(-c2ncnc3ccc(-c4cn(C(c5ccccc5)(c5ccccc5)c5ccccc5)nc4-c4ccc(N5CCOCC5)cc4)cc23)s1. The second-order valence-electron chi connectivity index (χ2n) is 13.1. The number of nitrogens with zero attached hydrogens (tertiary/aromatic N) is 5. The second-order valence-corrected chi connectivity index (χ2v) is 15.3. The topological polar surface area (TPSA) is 56.1 Å². The Labute approximate surface area is 317 Å². The smallest absolute Gasteiger partial charge is 0.138 e. The van der Waals surface area contributed by atoms with E-state index in [9.17, 15) is 0 Å². The average Bonchev–Trinajstić information content (AvgIpc) is 3.91. The van der Waals surface area contributed by atoms with Crippen molar-refractivity contribution in [3.8, 4) is 33.0 Å². The van der Waals surface area contributed by atoms with Gasteiger partial charge in [0.2, 0.25) is 0 Å². The van der Waals surface area contributed by atoms with Gasteiger partial charge >= 0.3 is 0 Å². The van der Waals surface area contributed by atoms with Gasteiger partial charge in [0.1, 0.15) is 17.6 Å². The molecule has 0 saturated carbocycles. The molecule has 1 aliphatic rings. The summed E-state index contributed by atoms with van der Waals surface area (Å²) in [7, 11) is 0. The molecule has 0 N–H and O–H groups in total. The molecule has 0 amide bonds. The third-order valence-electron chi connectivity index (χ3n) is 10.1. The van der Waals surface area contributed by atoms with E-state index in [1.165, 1.54) is 9.90 Å². The molecule has 5 aromatic carbocycles. The summed E-state index contributed by atoms with van der Waals surface area (Å²) >= 11 is 3.51. The lowest BCUT2D eigenvalue weighted by atomic mass is 9.77. The summed E-state index contributed by atoms with van der Waals surface area (Å²) in [5.41, 5.74) is 9.69. The predicted molar refractivity (Wildman–Crippen MR) is 219 cm³/mol. The average molecular weight is 728 g/mol. The monoisotopic (exact) mass is 727 g/mol. The molecule has 0 atom stereocenters. The maximum Gasteiger partial charge on any atom is 0.138 e. The third-order valence-corrected chi connectivity index (χ3v) is 12.3. The van der Waals surface area contributed by atoms with Gasteiger partial charge in [0, 0.05) is 41.5 Å². The molecule has 9 rings (SSSR count). The van der Waals surface area contributed by atoms with Crippen LogP contribution < -0.4 is 4.90 Å². The molecule has 1 fully saturated rings. The normalized spacial score (nSPS) is 13.4. The highest BCUT2D eigenvalue weighted by Crippen LogP contribution is 2.44. The van der Waals surface area contributed by atoms with E-state index < -0.39 is 5.54 Å². The highest BCUT2D eigenvalue weighted by Gasteiger charge is 2.40. The Balaban J connectivity index is 1.30. The Hall–Kier alpha value is -5.54. The van der Waals surface area contributed by atoms with Crippen LogP contribution in [-0.2, 0) is 10.3 Å². The minimum Gasteiger partial charge on any atom is -0.378 e. The van der Waals surface area contributed by atoms with E-state index in [4.69, 9.17) is 14.8 Å². The molecule has 0 radical (unpaired) electrons. The number of hydrogen-bond acceptors (Lipinski definition) is 7. The molecule has 6 nitrogen and oxygen atoms in total. The highest BCUT2D eigenvalue weighted by molar-refractivity contribution is 8.00. The first-order chi connectivity index (χ1) is 26.2. The van der Waals surface area contributed by atoms with Crippen molar-refractivity contribution in [2.45, 2.75) is 9.75 Å². The van der Waals surface area contributed by atoms with Gasteiger partial charge < -0.3 is 9.64 Å². The molecular weight excluding hydrogens is 691 g/mol. The molecular formula is C45H37N5OS2. The van der Waals surface area contributed by atoms with Crippen molar-refractivity contribution < 1.29 is 4.74 Å². The molecule has 260 valence electrons. The van der Waals surface area contributed by atoms with E-state index in [0.717, 1.165) is 86.9 Å². The molecule has 0 aliphatic carbocycles. The Morgan fingerprint density at radius 1 is 0.660 bits per heavy atom. The fraction of sp³-hybridized carbons (Fsp3) is 0.133. The van der Waals surface area contributed by atoms with Crippen molar-refractivity contribution in [2.24, 2.45) is 0 Å². The number of fused-ring (bicyclic) bond motifs is 1. The molecule has 4 heterocycles. The lowest BCUT2D eigenvalue weighted by Crippen LogP contribution is -2.38. The zero-order valence-corrected chi connectivity index (χ0v) is 30.9. The van der Waals surface area contributed by atoms with E-state index in [2.05, 4.69) is 173 Å². The molecule has 0 spiro atoms. The van der Waals surface area contributed by atoms with Gasteiger partial charge in [-0.25, -0.2) is 9.97 Å². The van der Waals surface area contributed by atoms with Crippen LogP contribution in [0, 0.1) is 0 Å². The number of rotatable bonds is 9. The molecule has 8 aromatic rings. The summed E-state index contributed by atoms with van der Waals surface area (Å²) in [5.74, 6) is 0. The highest BCUT2D eigenvalue weighted by atomic mass is 32.2. The number of hydrogen-bond donors (Lipinski definition) is 0. The van der Waals surface area contributed by atoms with Crippen molar-refractivity contribution in [1.29, 1.82) is 0 Å². The summed E-state index contributed by atoms with van der Waals surface area (Å²) in [6, 6.07) is 51.9. The molecule has 1 saturated heterocycles. The zero-order chi connectivity index (χ0) is 35.6. The predicted octanol–water partition coefficient (Wildman–Crippen LogP) is 10.3. The lowest BCUT2D eigenvalue weighted by Gasteiger charge is -2.36. The minimum absolute atomic E-state index is 0.745. The molecule has 8 heteroatoms. The lowest BCUT2D eigenvalue weighted by molar-refractivity contribution is 0.122. The van der Waals surface area contributed by atoms with E-state index in [-0.39, 0.29) is 0 Å². The van der Waals surface area contributed by atoms with Crippen LogP contribution in [0.1, 0.15) is 16.7 Å². The number of anilines is 1. The van der Waals surface area contributed by atoms with E-state index >= 15 is 0 Å². The van der Waals surface area contributed by atoms with Crippen molar-refractivity contribution in [1.82, 2.24) is 19.7 Å². The fourth-order valence-electron chi connectivity index (χ4n) is 7.53. The van der Waals surface area contributed by atoms with Crippen molar-refractivity contribution in [3.05, 3.63) is 175 Å². The van der Waals surface area contributed by atoms with Crippen LogP contribution in [0.15, 0.2) is 162 Å². The molecule has 0 bridgehead atoms. The fourth-order valence-corrected chi connectivity index (χ4v) is 9.09. The number of thioether (sulfide) groups is 1. The van der Waals surface area contributed by atoms with Gasteiger partial charge in [-0.2, -0.15) is 5.10 Å². The minimum atomic E-state index is -0.763. The van der Waals surface area contributed by atoms with E-state index in [1.807, 2.05) is 0 Å². The van der Waals surface area contributed by atoms with Crippen LogP contribution in [0.2, 0.25) is 0 Å². The van der Waals surface area contributed by atoms with Gasteiger partial charge in [-0.05, 0) is 64.9 Å².